The third-order valence-corrected chi connectivity index (χ3v) is 18.6. The van der Waals surface area contributed by atoms with Crippen molar-refractivity contribution in [3.8, 4) is 34.5 Å². The Morgan fingerprint density at radius 2 is 0.483 bits per heavy atom. The lowest BCUT2D eigenvalue weighted by Crippen LogP contribution is -2.10. The van der Waals surface area contributed by atoms with Crippen LogP contribution >= 0.6 is 30.6 Å². The predicted molar refractivity (Wildman–Crippen MR) is 232 cm³/mol. The van der Waals surface area contributed by atoms with Crippen LogP contribution < -0.4 is 27.1 Å². The van der Waals surface area contributed by atoms with E-state index >= 15 is 0 Å². The third-order valence-electron chi connectivity index (χ3n) is 7.64. The highest BCUT2D eigenvalue weighted by atomic mass is 31.3. The Bertz CT molecular complexity index is 2200. The topological polar surface area (TPSA) is 123 Å². The lowest BCUT2D eigenvalue weighted by atomic mass is 10.3. The minimum atomic E-state index is -4.24. The van der Waals surface area contributed by atoms with Crippen molar-refractivity contribution in [1.82, 2.24) is 0 Å². The molecule has 1 aliphatic rings. The molecule has 6 aromatic carbocycles. The summed E-state index contributed by atoms with van der Waals surface area (Å²) < 4.78 is 76.8. The molecule has 0 saturated heterocycles. The van der Waals surface area contributed by atoms with Gasteiger partial charge in [-0.1, -0.05) is 132 Å². The fourth-order valence-electron chi connectivity index (χ4n) is 5.19. The van der Waals surface area contributed by atoms with Crippen molar-refractivity contribution in [3.63, 3.8) is 0 Å². The van der Waals surface area contributed by atoms with Gasteiger partial charge in [0, 0.05) is 0 Å². The summed E-state index contributed by atoms with van der Waals surface area (Å²) in [5.41, 5.74) is 0. The van der Waals surface area contributed by atoms with E-state index in [1.165, 1.54) is 0 Å². The van der Waals surface area contributed by atoms with Crippen molar-refractivity contribution in [2.45, 2.75) is 26.7 Å². The number of benzene rings is 6. The molecule has 0 radical (unpaired) electrons. The van der Waals surface area contributed by atoms with Crippen LogP contribution in [0, 0.1) is 0 Å². The van der Waals surface area contributed by atoms with E-state index in [0.717, 1.165) is 0 Å². The molecule has 300 valence electrons. The van der Waals surface area contributed by atoms with Crippen molar-refractivity contribution in [2.24, 2.45) is 18.1 Å². The van der Waals surface area contributed by atoms with Gasteiger partial charge in [-0.05, 0) is 85.6 Å². The van der Waals surface area contributed by atoms with Crippen LogP contribution in [-0.4, -0.2) is 13.2 Å². The molecule has 0 aliphatic carbocycles. The maximum Gasteiger partial charge on any atom is 0.460 e. The van der Waals surface area contributed by atoms with Gasteiger partial charge in [-0.2, -0.15) is 0 Å². The summed E-state index contributed by atoms with van der Waals surface area (Å²) in [6, 6.07) is 54.9. The third kappa shape index (κ3) is 11.1. The smallest absolute Gasteiger partial charge is 0.413 e. The van der Waals surface area contributed by atoms with Crippen molar-refractivity contribution in [1.29, 1.82) is 0 Å². The quantitative estimate of drug-likeness (QED) is 0.0783. The van der Waals surface area contributed by atoms with Crippen LogP contribution in [0.3, 0.4) is 0 Å². The standard InChI is InChI=1S/C42H44N4O8P4/c1-3-35-47-55(48-36-4-2)43-56(49-37-23-11-5-12-24-37,50-38-25-13-6-14-26-38)45-58(53-41-31-19-9-20-32-41,54-42-33-21-10-22-34-42)46-57(44-55,51-39-27-15-7-16-28-39)52-40-29-17-8-18-30-40/h5-34H,3-4,35-36H2,1-2H3. The van der Waals surface area contributed by atoms with Crippen molar-refractivity contribution < 1.29 is 36.2 Å². The number of para-hydroxylation sites is 6. The van der Waals surface area contributed by atoms with Crippen LogP contribution in [0.2, 0.25) is 0 Å². The molecule has 1 aliphatic heterocycles. The Labute approximate surface area is 340 Å². The van der Waals surface area contributed by atoms with Gasteiger partial charge in [0.05, 0.1) is 13.2 Å². The molecule has 1 heterocycles. The van der Waals surface area contributed by atoms with Gasteiger partial charge in [-0.15, -0.1) is 9.03 Å². The highest BCUT2D eigenvalue weighted by Gasteiger charge is 2.48. The Kier molecular flexibility index (Phi) is 13.9. The molecule has 0 fully saturated rings. The zero-order valence-corrected chi connectivity index (χ0v) is 35.6. The molecule has 0 N–H and O–H groups in total. The van der Waals surface area contributed by atoms with Gasteiger partial charge in [0.25, 0.3) is 0 Å². The van der Waals surface area contributed by atoms with Gasteiger partial charge in [-0.25, -0.2) is 0 Å². The molecule has 0 aromatic heterocycles. The first-order valence-electron chi connectivity index (χ1n) is 18.7. The molecule has 0 spiro atoms. The van der Waals surface area contributed by atoms with Crippen LogP contribution in [0.25, 0.3) is 0 Å². The molecule has 6 aromatic rings. The van der Waals surface area contributed by atoms with E-state index < -0.39 is 30.6 Å². The number of rotatable bonds is 18. The molecule has 0 saturated carbocycles. The maximum absolute atomic E-state index is 6.98. The Morgan fingerprint density at radius 1 is 0.293 bits per heavy atom. The molecule has 0 amide bonds. The lowest BCUT2D eigenvalue weighted by Gasteiger charge is -2.33. The summed E-state index contributed by atoms with van der Waals surface area (Å²) in [5, 5.41) is 0. The van der Waals surface area contributed by atoms with Crippen molar-refractivity contribution in [2.75, 3.05) is 13.2 Å². The normalized spacial score (nSPS) is 15.9. The monoisotopic (exact) mass is 856 g/mol. The predicted octanol–water partition coefficient (Wildman–Crippen LogP) is 15.1. The second-order valence-electron chi connectivity index (χ2n) is 12.4. The Balaban J connectivity index is 1.66. The van der Waals surface area contributed by atoms with Crippen molar-refractivity contribution >= 4 is 30.6 Å². The SMILES string of the molecule is CCCOP1(OCCC)=NP(Oc2ccccc2)(Oc2ccccc2)=NP(Oc2ccccc2)(Oc2ccccc2)=NP(Oc2ccccc2)(Oc2ccccc2)=N1. The highest BCUT2D eigenvalue weighted by Crippen LogP contribution is 2.79. The number of hydrogen-bond acceptors (Lipinski definition) is 12. The van der Waals surface area contributed by atoms with Gasteiger partial charge < -0.3 is 36.2 Å². The summed E-state index contributed by atoms with van der Waals surface area (Å²) in [5.74, 6) is 2.40. The van der Waals surface area contributed by atoms with E-state index in [2.05, 4.69) is 0 Å². The zero-order valence-electron chi connectivity index (χ0n) is 32.0. The summed E-state index contributed by atoms with van der Waals surface area (Å²) in [6.07, 6.45) is 1.22. The first-order chi connectivity index (χ1) is 28.4. The Hall–Kier alpha value is -5.04. The Morgan fingerprint density at radius 3 is 0.690 bits per heavy atom. The van der Waals surface area contributed by atoms with E-state index in [4.69, 9.17) is 54.3 Å². The van der Waals surface area contributed by atoms with Gasteiger partial charge in [0.2, 0.25) is 0 Å². The van der Waals surface area contributed by atoms with Gasteiger partial charge >= 0.3 is 30.6 Å². The van der Waals surface area contributed by atoms with E-state index in [0.29, 0.717) is 47.3 Å². The highest BCUT2D eigenvalue weighted by molar-refractivity contribution is 7.79. The van der Waals surface area contributed by atoms with E-state index in [-0.39, 0.29) is 13.2 Å². The zero-order chi connectivity index (χ0) is 40.0. The van der Waals surface area contributed by atoms with Crippen LogP contribution in [0.5, 0.6) is 34.5 Å². The lowest BCUT2D eigenvalue weighted by molar-refractivity contribution is 0.240. The molecular weight excluding hydrogens is 812 g/mol. The average Bonchev–Trinajstić information content (AvgIpc) is 3.24. The number of nitrogens with zero attached hydrogens (tertiary/aromatic N) is 4. The molecule has 58 heavy (non-hydrogen) atoms. The van der Waals surface area contributed by atoms with Crippen LogP contribution in [0.1, 0.15) is 26.7 Å². The molecule has 0 bridgehead atoms. The molecule has 16 heteroatoms. The first-order valence-corrected chi connectivity index (χ1v) is 24.9. The molecule has 7 rings (SSSR count). The molecule has 0 unspecified atom stereocenters. The van der Waals surface area contributed by atoms with Crippen LogP contribution in [-0.2, 0) is 9.05 Å². The van der Waals surface area contributed by atoms with Gasteiger partial charge in [-0.3, -0.25) is 0 Å². The fourth-order valence-corrected chi connectivity index (χ4v) is 17.6. The molecule has 12 nitrogen and oxygen atoms in total. The summed E-state index contributed by atoms with van der Waals surface area (Å²) in [6.45, 7) is 4.39. The summed E-state index contributed by atoms with van der Waals surface area (Å²) >= 11 is 0. The minimum absolute atomic E-state index is 0.207. The van der Waals surface area contributed by atoms with E-state index in [1.54, 1.807) is 72.8 Å². The maximum atomic E-state index is 6.98. The van der Waals surface area contributed by atoms with Crippen LogP contribution in [0.4, 0.5) is 0 Å². The molecule has 0 atom stereocenters. The summed E-state index contributed by atoms with van der Waals surface area (Å²) in [7, 11) is -16.5. The first kappa shape index (κ1) is 41.1. The second kappa shape index (κ2) is 19.6. The minimum Gasteiger partial charge on any atom is -0.413 e. The number of hydrogen-bond donors (Lipinski definition) is 0. The van der Waals surface area contributed by atoms with Gasteiger partial charge in [0.15, 0.2) is 0 Å². The summed E-state index contributed by atoms with van der Waals surface area (Å²) in [4.78, 5) is 0. The second-order valence-corrected chi connectivity index (χ2v) is 20.8. The fraction of sp³-hybridized carbons (Fsp3) is 0.143. The molecular formula is C42H44N4O8P4. The van der Waals surface area contributed by atoms with Crippen molar-refractivity contribution in [3.05, 3.63) is 182 Å². The van der Waals surface area contributed by atoms with E-state index in [9.17, 15) is 0 Å². The van der Waals surface area contributed by atoms with Gasteiger partial charge in [0.1, 0.15) is 34.5 Å². The van der Waals surface area contributed by atoms with E-state index in [1.807, 2.05) is 123 Å². The van der Waals surface area contributed by atoms with Crippen LogP contribution in [0.15, 0.2) is 200 Å². The average molecular weight is 857 g/mol. The largest absolute Gasteiger partial charge is 0.460 e.